The van der Waals surface area contributed by atoms with Crippen LogP contribution in [0.25, 0.3) is 10.9 Å². The van der Waals surface area contributed by atoms with Crippen LogP contribution in [0.4, 0.5) is 0 Å². The molecule has 2 atom stereocenters. The van der Waals surface area contributed by atoms with Crippen LogP contribution in [-0.2, 0) is 11.3 Å². The highest BCUT2D eigenvalue weighted by atomic mass is 32.1. The van der Waals surface area contributed by atoms with E-state index in [0.29, 0.717) is 27.8 Å². The number of fused-ring (bicyclic) bond motifs is 1. The molecule has 2 N–H and O–H groups in total. The Morgan fingerprint density at radius 3 is 3.00 bits per heavy atom. The fourth-order valence-electron chi connectivity index (χ4n) is 3.06. The molecule has 0 spiro atoms. The number of carbonyl (C=O) groups excluding carboxylic acids is 1. The maximum absolute atomic E-state index is 12.5. The average Bonchev–Trinajstić information content (AvgIpc) is 3.09. The minimum absolute atomic E-state index is 0.0534. The van der Waals surface area contributed by atoms with Gasteiger partial charge in [-0.05, 0) is 57.1 Å². The molecule has 0 bridgehead atoms. The molecule has 0 saturated carbocycles. The smallest absolute Gasteiger partial charge is 0.262 e. The lowest BCUT2D eigenvalue weighted by atomic mass is 10.1. The number of nitrogens with zero attached hydrogens (tertiary/aromatic N) is 1. The Morgan fingerprint density at radius 2 is 2.33 bits per heavy atom. The predicted molar refractivity (Wildman–Crippen MR) is 95.0 cm³/mol. The van der Waals surface area contributed by atoms with E-state index in [9.17, 15) is 9.59 Å². The molecule has 0 radical (unpaired) electrons. The first-order valence-corrected chi connectivity index (χ1v) is 8.61. The standard InChI is InChI=1S/C17H21N3O3S/c1-3-20-16(22)12-7-6-11(9-13(12)19-17(20)24)15(21)18-10(2)14-5-4-8-23-14/h6-7,9-10,14H,3-5,8H2,1-2H3,(H,18,21)(H,19,24)/t10-,14+/m1/s1. The number of ether oxygens (including phenoxy) is 1. The van der Waals surface area contributed by atoms with Crippen LogP contribution in [0, 0.1) is 4.77 Å². The molecule has 1 saturated heterocycles. The summed E-state index contributed by atoms with van der Waals surface area (Å²) in [6.07, 6.45) is 2.06. The average molecular weight is 347 g/mol. The van der Waals surface area contributed by atoms with E-state index in [1.54, 1.807) is 18.2 Å². The van der Waals surface area contributed by atoms with Gasteiger partial charge in [-0.2, -0.15) is 0 Å². The molecule has 1 aromatic carbocycles. The van der Waals surface area contributed by atoms with E-state index < -0.39 is 0 Å². The van der Waals surface area contributed by atoms with Gasteiger partial charge in [-0.1, -0.05) is 0 Å². The lowest BCUT2D eigenvalue weighted by Gasteiger charge is -2.20. The molecule has 0 unspecified atom stereocenters. The summed E-state index contributed by atoms with van der Waals surface area (Å²) in [5, 5.41) is 3.49. The first-order valence-electron chi connectivity index (χ1n) is 8.20. The van der Waals surface area contributed by atoms with Gasteiger partial charge in [0.25, 0.3) is 11.5 Å². The number of hydrogen-bond donors (Lipinski definition) is 2. The van der Waals surface area contributed by atoms with Crippen molar-refractivity contribution in [3.05, 3.63) is 38.9 Å². The molecule has 2 aromatic rings. The zero-order valence-corrected chi connectivity index (χ0v) is 14.6. The zero-order valence-electron chi connectivity index (χ0n) is 13.8. The summed E-state index contributed by atoms with van der Waals surface area (Å²) in [5.41, 5.74) is 0.926. The number of benzene rings is 1. The molecule has 3 rings (SSSR count). The van der Waals surface area contributed by atoms with Crippen molar-refractivity contribution in [2.24, 2.45) is 0 Å². The highest BCUT2D eigenvalue weighted by molar-refractivity contribution is 7.71. The van der Waals surface area contributed by atoms with Crippen LogP contribution in [0.2, 0.25) is 0 Å². The van der Waals surface area contributed by atoms with Crippen molar-refractivity contribution in [2.45, 2.75) is 45.4 Å². The number of aromatic nitrogens is 2. The van der Waals surface area contributed by atoms with E-state index in [1.807, 2.05) is 13.8 Å². The maximum Gasteiger partial charge on any atom is 0.262 e. The monoisotopic (exact) mass is 347 g/mol. The van der Waals surface area contributed by atoms with Crippen molar-refractivity contribution in [1.82, 2.24) is 14.9 Å². The van der Waals surface area contributed by atoms with Crippen LogP contribution in [-0.4, -0.2) is 34.2 Å². The van der Waals surface area contributed by atoms with Crippen molar-refractivity contribution < 1.29 is 9.53 Å². The summed E-state index contributed by atoms with van der Waals surface area (Å²) >= 11 is 5.21. The van der Waals surface area contributed by atoms with Gasteiger partial charge in [-0.15, -0.1) is 0 Å². The van der Waals surface area contributed by atoms with Gasteiger partial charge in [-0.25, -0.2) is 0 Å². The van der Waals surface area contributed by atoms with E-state index in [0.717, 1.165) is 19.4 Å². The van der Waals surface area contributed by atoms with Crippen molar-refractivity contribution in [3.63, 3.8) is 0 Å². The van der Waals surface area contributed by atoms with E-state index >= 15 is 0 Å². The van der Waals surface area contributed by atoms with Crippen molar-refractivity contribution in [2.75, 3.05) is 6.61 Å². The van der Waals surface area contributed by atoms with Crippen LogP contribution in [0.3, 0.4) is 0 Å². The van der Waals surface area contributed by atoms with Crippen LogP contribution < -0.4 is 10.9 Å². The van der Waals surface area contributed by atoms with Crippen molar-refractivity contribution in [3.8, 4) is 0 Å². The Hall–Kier alpha value is -1.99. The second kappa shape index (κ2) is 6.86. The van der Waals surface area contributed by atoms with Gasteiger partial charge in [0.1, 0.15) is 0 Å². The first kappa shape index (κ1) is 16.9. The second-order valence-electron chi connectivity index (χ2n) is 6.05. The summed E-state index contributed by atoms with van der Waals surface area (Å²) in [6.45, 7) is 5.07. The third-order valence-electron chi connectivity index (χ3n) is 4.44. The number of amides is 1. The van der Waals surface area contributed by atoms with Crippen molar-refractivity contribution >= 4 is 29.0 Å². The molecule has 7 heteroatoms. The van der Waals surface area contributed by atoms with Gasteiger partial charge in [0, 0.05) is 18.7 Å². The number of nitrogens with one attached hydrogen (secondary N) is 2. The van der Waals surface area contributed by atoms with Gasteiger partial charge in [-0.3, -0.25) is 14.2 Å². The van der Waals surface area contributed by atoms with E-state index in [2.05, 4.69) is 10.3 Å². The number of H-pyrrole nitrogens is 1. The number of aromatic amines is 1. The molecule has 1 aliphatic rings. The molecular weight excluding hydrogens is 326 g/mol. The van der Waals surface area contributed by atoms with Crippen LogP contribution in [0.1, 0.15) is 37.0 Å². The number of hydrogen-bond acceptors (Lipinski definition) is 4. The van der Waals surface area contributed by atoms with Gasteiger partial charge in [0.15, 0.2) is 4.77 Å². The minimum atomic E-state index is -0.182. The Bertz CT molecular complexity index is 881. The highest BCUT2D eigenvalue weighted by Crippen LogP contribution is 2.16. The molecule has 1 aromatic heterocycles. The molecule has 1 aliphatic heterocycles. The molecule has 24 heavy (non-hydrogen) atoms. The van der Waals surface area contributed by atoms with Crippen LogP contribution in [0.5, 0.6) is 0 Å². The Kier molecular flexibility index (Phi) is 4.82. The fourth-order valence-corrected chi connectivity index (χ4v) is 3.38. The topological polar surface area (TPSA) is 76.1 Å². The maximum atomic E-state index is 12.5. The summed E-state index contributed by atoms with van der Waals surface area (Å²) in [6, 6.07) is 4.95. The number of rotatable bonds is 4. The summed E-state index contributed by atoms with van der Waals surface area (Å²) in [4.78, 5) is 27.9. The van der Waals surface area contributed by atoms with Gasteiger partial charge >= 0.3 is 0 Å². The normalized spacial score (nSPS) is 18.7. The number of carbonyl (C=O) groups is 1. The van der Waals surface area contributed by atoms with Gasteiger partial charge in [0.2, 0.25) is 0 Å². The van der Waals surface area contributed by atoms with E-state index in [1.165, 1.54) is 4.57 Å². The Balaban J connectivity index is 1.89. The van der Waals surface area contributed by atoms with Crippen LogP contribution in [0.15, 0.2) is 23.0 Å². The summed E-state index contributed by atoms with van der Waals surface area (Å²) in [7, 11) is 0. The molecule has 1 fully saturated rings. The molecule has 128 valence electrons. The van der Waals surface area contributed by atoms with E-state index in [-0.39, 0.29) is 23.6 Å². The second-order valence-corrected chi connectivity index (χ2v) is 6.44. The highest BCUT2D eigenvalue weighted by Gasteiger charge is 2.24. The summed E-state index contributed by atoms with van der Waals surface area (Å²) < 4.78 is 7.46. The first-order chi connectivity index (χ1) is 11.5. The quantitative estimate of drug-likeness (QED) is 0.833. The van der Waals surface area contributed by atoms with Crippen molar-refractivity contribution in [1.29, 1.82) is 0 Å². The third-order valence-corrected chi connectivity index (χ3v) is 4.76. The molecule has 0 aliphatic carbocycles. The van der Waals surface area contributed by atoms with E-state index in [4.69, 9.17) is 17.0 Å². The van der Waals surface area contributed by atoms with Crippen LogP contribution >= 0.6 is 12.2 Å². The zero-order chi connectivity index (χ0) is 17.3. The summed E-state index contributed by atoms with van der Waals surface area (Å²) in [5.74, 6) is -0.182. The Morgan fingerprint density at radius 1 is 1.54 bits per heavy atom. The van der Waals surface area contributed by atoms with Gasteiger partial charge in [0.05, 0.1) is 23.0 Å². The lowest BCUT2D eigenvalue weighted by molar-refractivity contribution is 0.0712. The Labute approximate surface area is 144 Å². The fraction of sp³-hybridized carbons (Fsp3) is 0.471. The predicted octanol–water partition coefficient (Wildman–Crippen LogP) is 2.38. The minimum Gasteiger partial charge on any atom is -0.376 e. The lowest BCUT2D eigenvalue weighted by Crippen LogP contribution is -2.40. The van der Waals surface area contributed by atoms with Gasteiger partial charge < -0.3 is 15.0 Å². The third kappa shape index (κ3) is 3.14. The molecule has 1 amide bonds. The SMILES string of the molecule is CCn1c(=S)[nH]c2cc(C(=O)N[C@H](C)[C@@H]3CCCO3)ccc2c1=O. The molecule has 2 heterocycles. The molecule has 6 nitrogen and oxygen atoms in total. The largest absolute Gasteiger partial charge is 0.376 e. The molecular formula is C17H21N3O3S.